The van der Waals surface area contributed by atoms with Crippen LogP contribution >= 0.6 is 11.6 Å². The Morgan fingerprint density at radius 1 is 1.03 bits per heavy atom. The molecule has 0 aliphatic rings. The topological polar surface area (TPSA) is 36.3 Å². The highest BCUT2D eigenvalue weighted by atomic mass is 35.5. The van der Waals surface area contributed by atoms with Gasteiger partial charge >= 0.3 is 0 Å². The number of allylic oxidation sites excluding steroid dienone is 1. The third-order valence-electron chi connectivity index (χ3n) is 5.16. The second-order valence-corrected chi connectivity index (χ2v) is 7.64. The molecule has 4 rings (SSSR count). The first kappa shape index (κ1) is 21.0. The second kappa shape index (κ2) is 9.71. The van der Waals surface area contributed by atoms with E-state index in [1.807, 2.05) is 66.7 Å². The molecule has 0 fully saturated rings. The predicted molar refractivity (Wildman–Crippen MR) is 127 cm³/mol. The molecule has 0 unspecified atom stereocenters. The summed E-state index contributed by atoms with van der Waals surface area (Å²) in [5.74, 6) is 2.36. The van der Waals surface area contributed by atoms with E-state index in [2.05, 4.69) is 17.2 Å². The van der Waals surface area contributed by atoms with Gasteiger partial charge in [0, 0.05) is 12.1 Å². The lowest BCUT2D eigenvalue weighted by molar-refractivity contribution is 0.283. The number of para-hydroxylation sites is 2. The minimum atomic E-state index is 0.561. The average Bonchev–Trinajstić information content (AvgIpc) is 3.16. The van der Waals surface area contributed by atoms with Gasteiger partial charge in [-0.2, -0.15) is 0 Å². The summed E-state index contributed by atoms with van der Waals surface area (Å²) in [5.41, 5.74) is 4.12. The Balaban J connectivity index is 1.52. The van der Waals surface area contributed by atoms with Crippen LogP contribution in [0.4, 0.5) is 0 Å². The molecule has 4 aromatic rings. The van der Waals surface area contributed by atoms with Crippen LogP contribution in [0, 0.1) is 0 Å². The van der Waals surface area contributed by atoms with Crippen LogP contribution in [0.15, 0.2) is 79.4 Å². The zero-order valence-electron chi connectivity index (χ0n) is 17.6. The van der Waals surface area contributed by atoms with Crippen LogP contribution in [0.3, 0.4) is 0 Å². The molecule has 5 heteroatoms. The Kier molecular flexibility index (Phi) is 6.58. The number of methoxy groups -OCH3 is 1. The van der Waals surface area contributed by atoms with Crippen molar-refractivity contribution in [3.8, 4) is 22.9 Å². The van der Waals surface area contributed by atoms with Crippen molar-refractivity contribution < 1.29 is 9.47 Å². The van der Waals surface area contributed by atoms with Gasteiger partial charge in [0.15, 0.2) is 11.5 Å². The van der Waals surface area contributed by atoms with E-state index in [9.17, 15) is 0 Å². The summed E-state index contributed by atoms with van der Waals surface area (Å²) >= 11 is 6.47. The largest absolute Gasteiger partial charge is 0.493 e. The molecule has 0 aliphatic carbocycles. The van der Waals surface area contributed by atoms with Crippen molar-refractivity contribution in [3.63, 3.8) is 0 Å². The van der Waals surface area contributed by atoms with Crippen molar-refractivity contribution in [1.82, 2.24) is 9.55 Å². The molecule has 4 nitrogen and oxygen atoms in total. The first-order chi connectivity index (χ1) is 15.2. The molecule has 0 spiro atoms. The number of hydrogen-bond donors (Lipinski definition) is 0. The van der Waals surface area contributed by atoms with Gasteiger partial charge in [-0.3, -0.25) is 0 Å². The van der Waals surface area contributed by atoms with Gasteiger partial charge in [0.05, 0.1) is 29.8 Å². The fourth-order valence-corrected chi connectivity index (χ4v) is 3.90. The number of imidazole rings is 1. The number of nitrogens with zero attached hydrogens (tertiary/aromatic N) is 2. The van der Waals surface area contributed by atoms with Crippen molar-refractivity contribution in [1.29, 1.82) is 0 Å². The Morgan fingerprint density at radius 2 is 1.84 bits per heavy atom. The number of hydrogen-bond acceptors (Lipinski definition) is 3. The Bertz CT molecular complexity index is 1200. The number of halogens is 1. The maximum absolute atomic E-state index is 6.47. The van der Waals surface area contributed by atoms with Gasteiger partial charge in [0.2, 0.25) is 0 Å². The van der Waals surface area contributed by atoms with E-state index in [-0.39, 0.29) is 0 Å². The SMILES string of the molecule is C=CCc1ccc(OCCCn2c(-c3ccccc3Cl)nc3ccccc32)c(OC)c1. The summed E-state index contributed by atoms with van der Waals surface area (Å²) in [6.45, 7) is 5.11. The van der Waals surface area contributed by atoms with E-state index in [0.717, 1.165) is 58.9 Å². The first-order valence-corrected chi connectivity index (χ1v) is 10.7. The van der Waals surface area contributed by atoms with Gasteiger partial charge in [-0.15, -0.1) is 6.58 Å². The standard InChI is InChI=1S/C26H25ClN2O2/c1-3-9-19-14-15-24(25(18-19)30-2)31-17-8-16-29-23-13-7-6-12-22(23)28-26(29)20-10-4-5-11-21(20)27/h3-7,10-15,18H,1,8-9,16-17H2,2H3. The van der Waals surface area contributed by atoms with Crippen LogP contribution in [0.25, 0.3) is 22.4 Å². The van der Waals surface area contributed by atoms with E-state index < -0.39 is 0 Å². The number of fused-ring (bicyclic) bond motifs is 1. The molecule has 0 saturated carbocycles. The Labute approximate surface area is 187 Å². The highest BCUT2D eigenvalue weighted by Crippen LogP contribution is 2.31. The Morgan fingerprint density at radius 3 is 2.65 bits per heavy atom. The first-order valence-electron chi connectivity index (χ1n) is 10.3. The predicted octanol–water partition coefficient (Wildman–Crippen LogP) is 6.56. The van der Waals surface area contributed by atoms with E-state index in [1.165, 1.54) is 0 Å². The lowest BCUT2D eigenvalue weighted by Crippen LogP contribution is -2.07. The van der Waals surface area contributed by atoms with Crippen molar-refractivity contribution in [2.24, 2.45) is 0 Å². The van der Waals surface area contributed by atoms with Gasteiger partial charge in [-0.25, -0.2) is 4.98 Å². The Hall–Kier alpha value is -3.24. The van der Waals surface area contributed by atoms with Gasteiger partial charge in [-0.1, -0.05) is 48.0 Å². The second-order valence-electron chi connectivity index (χ2n) is 7.24. The number of aryl methyl sites for hydroxylation is 1. The van der Waals surface area contributed by atoms with E-state index in [4.69, 9.17) is 26.1 Å². The van der Waals surface area contributed by atoms with Crippen LogP contribution in [0.1, 0.15) is 12.0 Å². The molecular weight excluding hydrogens is 408 g/mol. The number of aromatic nitrogens is 2. The fourth-order valence-electron chi connectivity index (χ4n) is 3.68. The number of benzene rings is 3. The van der Waals surface area contributed by atoms with Gasteiger partial charge in [0.1, 0.15) is 5.82 Å². The number of ether oxygens (including phenoxy) is 2. The van der Waals surface area contributed by atoms with E-state index in [0.29, 0.717) is 11.6 Å². The van der Waals surface area contributed by atoms with Crippen LogP contribution < -0.4 is 9.47 Å². The molecule has 0 bridgehead atoms. The fraction of sp³-hybridized carbons (Fsp3) is 0.192. The van der Waals surface area contributed by atoms with Crippen molar-refractivity contribution in [2.75, 3.05) is 13.7 Å². The van der Waals surface area contributed by atoms with Crippen LogP contribution in [-0.2, 0) is 13.0 Å². The van der Waals surface area contributed by atoms with Crippen molar-refractivity contribution in [2.45, 2.75) is 19.4 Å². The molecule has 0 saturated heterocycles. The monoisotopic (exact) mass is 432 g/mol. The van der Waals surface area contributed by atoms with Crippen LogP contribution in [-0.4, -0.2) is 23.3 Å². The molecule has 0 radical (unpaired) electrons. The molecule has 0 N–H and O–H groups in total. The molecule has 3 aromatic carbocycles. The molecule has 0 atom stereocenters. The molecule has 0 amide bonds. The van der Waals surface area contributed by atoms with E-state index >= 15 is 0 Å². The summed E-state index contributed by atoms with van der Waals surface area (Å²) < 4.78 is 13.7. The lowest BCUT2D eigenvalue weighted by Gasteiger charge is -2.13. The summed E-state index contributed by atoms with van der Waals surface area (Å²) in [7, 11) is 1.66. The normalized spacial score (nSPS) is 10.9. The summed E-state index contributed by atoms with van der Waals surface area (Å²) in [4.78, 5) is 4.84. The maximum atomic E-state index is 6.47. The number of rotatable bonds is 9. The molecular formula is C26H25ClN2O2. The van der Waals surface area contributed by atoms with Crippen molar-refractivity contribution >= 4 is 22.6 Å². The maximum Gasteiger partial charge on any atom is 0.161 e. The van der Waals surface area contributed by atoms with Gasteiger partial charge < -0.3 is 14.0 Å². The van der Waals surface area contributed by atoms with Crippen LogP contribution in [0.5, 0.6) is 11.5 Å². The quantitative estimate of drug-likeness (QED) is 0.222. The molecule has 0 aliphatic heterocycles. The lowest BCUT2D eigenvalue weighted by atomic mass is 10.1. The van der Waals surface area contributed by atoms with Gasteiger partial charge in [0.25, 0.3) is 0 Å². The summed E-state index contributed by atoms with van der Waals surface area (Å²) in [5, 5.41) is 0.694. The van der Waals surface area contributed by atoms with E-state index in [1.54, 1.807) is 7.11 Å². The molecule has 158 valence electrons. The third-order valence-corrected chi connectivity index (χ3v) is 5.49. The molecule has 1 heterocycles. The molecule has 1 aromatic heterocycles. The summed E-state index contributed by atoms with van der Waals surface area (Å²) in [6, 6.07) is 22.0. The smallest absolute Gasteiger partial charge is 0.161 e. The minimum Gasteiger partial charge on any atom is -0.493 e. The van der Waals surface area contributed by atoms with Gasteiger partial charge in [-0.05, 0) is 54.8 Å². The molecule has 31 heavy (non-hydrogen) atoms. The minimum absolute atomic E-state index is 0.561. The highest BCUT2D eigenvalue weighted by molar-refractivity contribution is 6.33. The zero-order chi connectivity index (χ0) is 21.6. The van der Waals surface area contributed by atoms with Crippen molar-refractivity contribution in [3.05, 3.63) is 90.0 Å². The third kappa shape index (κ3) is 4.59. The zero-order valence-corrected chi connectivity index (χ0v) is 18.3. The summed E-state index contributed by atoms with van der Waals surface area (Å²) in [6.07, 6.45) is 3.49. The highest BCUT2D eigenvalue weighted by Gasteiger charge is 2.14. The van der Waals surface area contributed by atoms with Crippen LogP contribution in [0.2, 0.25) is 5.02 Å². The average molecular weight is 433 g/mol.